The van der Waals surface area contributed by atoms with Gasteiger partial charge in [-0.2, -0.15) is 5.10 Å². The van der Waals surface area contributed by atoms with E-state index >= 15 is 0 Å². The Labute approximate surface area is 132 Å². The molecular formula is C15H18N3O3S-. The average Bonchev–Trinajstić information content (AvgIpc) is 2.77. The fourth-order valence-electron chi connectivity index (χ4n) is 4.67. The molecule has 4 bridgehead atoms. The van der Waals surface area contributed by atoms with Crippen LogP contribution in [0.2, 0.25) is 0 Å². The monoisotopic (exact) mass is 320 g/mol. The molecule has 1 heterocycles. The lowest BCUT2D eigenvalue weighted by molar-refractivity contribution is -0.305. The van der Waals surface area contributed by atoms with Crippen molar-refractivity contribution in [2.75, 3.05) is 0 Å². The molecule has 4 aliphatic carbocycles. The number of nitrogens with zero attached hydrogens (tertiary/aromatic N) is 2. The highest BCUT2D eigenvalue weighted by atomic mass is 32.2. The van der Waals surface area contributed by atoms with Gasteiger partial charge in [-0.3, -0.25) is 4.79 Å². The summed E-state index contributed by atoms with van der Waals surface area (Å²) in [4.78, 5) is 22.3. The zero-order valence-corrected chi connectivity index (χ0v) is 13.0. The molecule has 0 spiro atoms. The molecule has 0 unspecified atom stereocenters. The Bertz CT molecular complexity index is 557. The molecule has 0 aromatic carbocycles. The van der Waals surface area contributed by atoms with Crippen LogP contribution in [-0.4, -0.2) is 28.0 Å². The van der Waals surface area contributed by atoms with Crippen LogP contribution in [0.5, 0.6) is 0 Å². The number of carbonyl (C=O) groups excluding carboxylic acids is 2. The van der Waals surface area contributed by atoms with Crippen molar-refractivity contribution in [3.05, 3.63) is 0 Å². The number of amides is 1. The maximum atomic E-state index is 11.7. The standard InChI is InChI=1S/C15H19N3O3S/c19-12(20)6-11-14(21)16-15(22-11)18-17-13-9-2-7-1-8(4-9)5-10(13)3-7/h7-11H,1-6H2,(H,19,20)(H,16,18,21)/p-1/t7?,8?,9?,10?,11-/m0/s1. The minimum absolute atomic E-state index is 0.291. The Kier molecular flexibility index (Phi) is 3.47. The van der Waals surface area contributed by atoms with Crippen LogP contribution in [-0.2, 0) is 9.59 Å². The van der Waals surface area contributed by atoms with Crippen molar-refractivity contribution in [3.63, 3.8) is 0 Å². The fourth-order valence-corrected chi connectivity index (χ4v) is 5.57. The molecule has 0 radical (unpaired) electrons. The lowest BCUT2D eigenvalue weighted by atomic mass is 9.55. The highest BCUT2D eigenvalue weighted by Gasteiger charge is 2.46. The Hall–Kier alpha value is -1.37. The molecule has 5 rings (SSSR count). The number of hydrogen-bond acceptors (Lipinski definition) is 6. The number of carbonyl (C=O) groups is 2. The third kappa shape index (κ3) is 2.55. The van der Waals surface area contributed by atoms with Gasteiger partial charge in [0.2, 0.25) is 5.91 Å². The van der Waals surface area contributed by atoms with E-state index in [-0.39, 0.29) is 12.3 Å². The summed E-state index contributed by atoms with van der Waals surface area (Å²) in [6, 6.07) is 0. The van der Waals surface area contributed by atoms with E-state index in [1.54, 1.807) is 0 Å². The number of rotatable bonds is 3. The first-order chi connectivity index (χ1) is 10.6. The lowest BCUT2D eigenvalue weighted by Crippen LogP contribution is -2.45. The largest absolute Gasteiger partial charge is 0.550 e. The van der Waals surface area contributed by atoms with Gasteiger partial charge < -0.3 is 15.2 Å². The van der Waals surface area contributed by atoms with Gasteiger partial charge in [0.1, 0.15) is 0 Å². The van der Waals surface area contributed by atoms with Gasteiger partial charge in [0.15, 0.2) is 5.17 Å². The zero-order chi connectivity index (χ0) is 15.3. The van der Waals surface area contributed by atoms with Gasteiger partial charge in [-0.1, -0.05) is 11.8 Å². The fraction of sp³-hybridized carbons (Fsp3) is 0.733. The number of nitrogens with one attached hydrogen (secondary N) is 1. The molecule has 1 amide bonds. The Balaban J connectivity index is 1.47. The van der Waals surface area contributed by atoms with Gasteiger partial charge in [0, 0.05) is 18.1 Å². The van der Waals surface area contributed by atoms with Crippen LogP contribution < -0.4 is 10.4 Å². The molecule has 4 saturated carbocycles. The van der Waals surface area contributed by atoms with Crippen molar-refractivity contribution in [2.24, 2.45) is 33.9 Å². The summed E-state index contributed by atoms with van der Waals surface area (Å²) < 4.78 is 0. The SMILES string of the molecule is O=C([O-])C[C@@H]1S/C(=N/N=C2C3CC4CC(C3)CC2C4)NC1=O. The number of thioether (sulfide) groups is 1. The van der Waals surface area contributed by atoms with Crippen molar-refractivity contribution >= 4 is 34.5 Å². The van der Waals surface area contributed by atoms with E-state index in [0.29, 0.717) is 17.0 Å². The summed E-state index contributed by atoms with van der Waals surface area (Å²) >= 11 is 1.13. The van der Waals surface area contributed by atoms with E-state index in [9.17, 15) is 14.7 Å². The molecule has 1 atom stereocenters. The van der Waals surface area contributed by atoms with Gasteiger partial charge in [-0.05, 0) is 55.8 Å². The predicted molar refractivity (Wildman–Crippen MR) is 81.1 cm³/mol. The number of carboxylic acid groups (broad SMARTS) is 1. The molecule has 5 aliphatic rings. The topological polar surface area (TPSA) is 93.9 Å². The highest BCUT2D eigenvalue weighted by Crippen LogP contribution is 2.52. The smallest absolute Gasteiger partial charge is 0.239 e. The van der Waals surface area contributed by atoms with Gasteiger partial charge in [0.05, 0.1) is 5.25 Å². The molecule has 5 fully saturated rings. The summed E-state index contributed by atoms with van der Waals surface area (Å²) in [7, 11) is 0. The molecule has 7 heteroatoms. The van der Waals surface area contributed by atoms with Gasteiger partial charge in [0.25, 0.3) is 0 Å². The van der Waals surface area contributed by atoms with Gasteiger partial charge >= 0.3 is 0 Å². The van der Waals surface area contributed by atoms with E-state index in [1.165, 1.54) is 37.8 Å². The van der Waals surface area contributed by atoms with Crippen molar-refractivity contribution in [2.45, 2.75) is 43.8 Å². The predicted octanol–water partition coefficient (Wildman–Crippen LogP) is 0.526. The summed E-state index contributed by atoms with van der Waals surface area (Å²) in [6.45, 7) is 0. The van der Waals surface area contributed by atoms with Crippen molar-refractivity contribution in [1.82, 2.24) is 5.32 Å². The van der Waals surface area contributed by atoms with E-state index in [0.717, 1.165) is 23.6 Å². The van der Waals surface area contributed by atoms with Crippen LogP contribution in [0.4, 0.5) is 0 Å². The number of hydrogen-bond donors (Lipinski definition) is 1. The molecule has 1 aliphatic heterocycles. The van der Waals surface area contributed by atoms with E-state index in [1.807, 2.05) is 0 Å². The first-order valence-electron chi connectivity index (χ1n) is 7.91. The van der Waals surface area contributed by atoms with Crippen molar-refractivity contribution in [1.29, 1.82) is 0 Å². The Morgan fingerprint density at radius 1 is 1.14 bits per heavy atom. The Morgan fingerprint density at radius 3 is 2.36 bits per heavy atom. The van der Waals surface area contributed by atoms with Crippen LogP contribution in [0.15, 0.2) is 10.2 Å². The second-order valence-electron chi connectivity index (χ2n) is 6.91. The van der Waals surface area contributed by atoms with Crippen molar-refractivity contribution < 1.29 is 14.7 Å². The van der Waals surface area contributed by atoms with Crippen molar-refractivity contribution in [3.8, 4) is 0 Å². The molecule has 0 aromatic rings. The quantitative estimate of drug-likeness (QED) is 0.767. The van der Waals surface area contributed by atoms with E-state index < -0.39 is 11.2 Å². The second-order valence-corrected chi connectivity index (χ2v) is 8.10. The molecular weight excluding hydrogens is 302 g/mol. The summed E-state index contributed by atoms with van der Waals surface area (Å²) in [6.07, 6.45) is 6.06. The summed E-state index contributed by atoms with van der Waals surface area (Å²) in [5, 5.41) is 21.6. The van der Waals surface area contributed by atoms with Crippen LogP contribution in [0.25, 0.3) is 0 Å². The molecule has 1 saturated heterocycles. The molecule has 1 N–H and O–H groups in total. The van der Waals surface area contributed by atoms with E-state index in [4.69, 9.17) is 0 Å². The van der Waals surface area contributed by atoms with Crippen LogP contribution in [0.1, 0.15) is 38.5 Å². The molecule has 0 aromatic heterocycles. The number of amidine groups is 1. The third-order valence-corrected chi connectivity index (χ3v) is 6.43. The number of aliphatic carboxylic acids is 1. The second kappa shape index (κ2) is 5.37. The maximum Gasteiger partial charge on any atom is 0.239 e. The summed E-state index contributed by atoms with van der Waals surface area (Å²) in [5.41, 5.74) is 1.21. The minimum Gasteiger partial charge on any atom is -0.550 e. The van der Waals surface area contributed by atoms with Crippen LogP contribution >= 0.6 is 11.8 Å². The highest BCUT2D eigenvalue weighted by molar-refractivity contribution is 8.15. The van der Waals surface area contributed by atoms with Crippen LogP contribution in [0.3, 0.4) is 0 Å². The average molecular weight is 320 g/mol. The number of carboxylic acids is 1. The summed E-state index contributed by atoms with van der Waals surface area (Å²) in [5.74, 6) is 1.35. The first kappa shape index (κ1) is 14.2. The molecule has 118 valence electrons. The molecule has 6 nitrogen and oxygen atoms in total. The zero-order valence-electron chi connectivity index (χ0n) is 12.2. The van der Waals surface area contributed by atoms with Crippen LogP contribution in [0, 0.1) is 23.7 Å². The third-order valence-electron chi connectivity index (χ3n) is 5.36. The van der Waals surface area contributed by atoms with Gasteiger partial charge in [-0.25, -0.2) is 0 Å². The normalized spacial score (nSPS) is 41.1. The Morgan fingerprint density at radius 2 is 1.77 bits per heavy atom. The van der Waals surface area contributed by atoms with E-state index in [2.05, 4.69) is 15.5 Å². The van der Waals surface area contributed by atoms with Gasteiger partial charge in [-0.15, -0.1) is 5.10 Å². The molecule has 22 heavy (non-hydrogen) atoms. The first-order valence-corrected chi connectivity index (χ1v) is 8.79. The lowest BCUT2D eigenvalue weighted by Gasteiger charge is -2.50. The maximum absolute atomic E-state index is 11.7. The minimum atomic E-state index is -1.22.